The first-order valence-corrected chi connectivity index (χ1v) is 12.9. The number of ketones is 2. The van der Waals surface area contributed by atoms with E-state index in [2.05, 4.69) is 0 Å². The van der Waals surface area contributed by atoms with Crippen molar-refractivity contribution in [2.24, 2.45) is 11.8 Å². The van der Waals surface area contributed by atoms with E-state index in [0.717, 1.165) is 22.6 Å². The fourth-order valence-corrected chi connectivity index (χ4v) is 4.88. The summed E-state index contributed by atoms with van der Waals surface area (Å²) in [5, 5.41) is 0. The fraction of sp³-hybridized carbons (Fsp3) is 0.467. The van der Waals surface area contributed by atoms with Gasteiger partial charge in [0, 0.05) is 37.8 Å². The van der Waals surface area contributed by atoms with Crippen molar-refractivity contribution in [3.05, 3.63) is 59.7 Å². The summed E-state index contributed by atoms with van der Waals surface area (Å²) in [4.78, 5) is 50.3. The van der Waals surface area contributed by atoms with Crippen molar-refractivity contribution in [2.45, 2.75) is 52.6 Å². The van der Waals surface area contributed by atoms with Crippen LogP contribution in [0.3, 0.4) is 0 Å². The summed E-state index contributed by atoms with van der Waals surface area (Å²) in [5.41, 5.74) is 2.11. The molecule has 0 saturated carbocycles. The second-order valence-corrected chi connectivity index (χ2v) is 10.0. The number of rotatable bonds is 8. The van der Waals surface area contributed by atoms with Crippen LogP contribution in [0.25, 0.3) is 0 Å². The molecule has 0 N–H and O–H groups in total. The second kappa shape index (κ2) is 12.7. The van der Waals surface area contributed by atoms with E-state index < -0.39 is 0 Å². The van der Waals surface area contributed by atoms with Gasteiger partial charge in [0.15, 0.2) is 0 Å². The van der Waals surface area contributed by atoms with Crippen LogP contribution >= 0.6 is 0 Å². The smallest absolute Gasteiger partial charge is 0.223 e. The van der Waals surface area contributed by atoms with Crippen LogP contribution in [0, 0.1) is 11.8 Å². The van der Waals surface area contributed by atoms with E-state index in [0.29, 0.717) is 25.9 Å². The van der Waals surface area contributed by atoms with Crippen LogP contribution in [0.4, 0.5) is 0 Å². The van der Waals surface area contributed by atoms with Gasteiger partial charge in [-0.3, -0.25) is 19.2 Å². The molecule has 204 valence electrons. The van der Waals surface area contributed by atoms with Crippen LogP contribution < -0.4 is 9.47 Å². The Labute approximate surface area is 224 Å². The lowest BCUT2D eigenvalue weighted by molar-refractivity contribution is -0.130. The van der Waals surface area contributed by atoms with Gasteiger partial charge in [-0.1, -0.05) is 24.3 Å². The van der Waals surface area contributed by atoms with Gasteiger partial charge in [0.2, 0.25) is 11.8 Å². The highest BCUT2D eigenvalue weighted by Crippen LogP contribution is 2.31. The van der Waals surface area contributed by atoms with Gasteiger partial charge in [-0.2, -0.15) is 0 Å². The minimum absolute atomic E-state index is 0.0113. The molecule has 2 aliphatic rings. The van der Waals surface area contributed by atoms with Gasteiger partial charge in [-0.25, -0.2) is 0 Å². The van der Waals surface area contributed by atoms with Crippen LogP contribution in [0.15, 0.2) is 48.5 Å². The molecule has 0 radical (unpaired) electrons. The Morgan fingerprint density at radius 1 is 0.684 bits per heavy atom. The van der Waals surface area contributed by atoms with Crippen LogP contribution in [0.5, 0.6) is 11.5 Å². The maximum Gasteiger partial charge on any atom is 0.223 e. The van der Waals surface area contributed by atoms with E-state index in [9.17, 15) is 19.2 Å². The molecule has 0 aromatic heterocycles. The summed E-state index contributed by atoms with van der Waals surface area (Å²) in [6.45, 7) is 8.15. The van der Waals surface area contributed by atoms with Crippen molar-refractivity contribution < 1.29 is 28.7 Å². The minimum Gasteiger partial charge on any atom is -0.497 e. The van der Waals surface area contributed by atoms with Gasteiger partial charge < -0.3 is 19.3 Å². The van der Waals surface area contributed by atoms with Crippen LogP contribution in [0.1, 0.15) is 63.7 Å². The Balaban J connectivity index is 0.000000211. The van der Waals surface area contributed by atoms with Crippen molar-refractivity contribution >= 4 is 23.4 Å². The molecule has 38 heavy (non-hydrogen) atoms. The first kappa shape index (κ1) is 28.9. The first-order valence-electron chi connectivity index (χ1n) is 12.9. The normalized spacial score (nSPS) is 20.5. The topological polar surface area (TPSA) is 93.2 Å². The Hall–Kier alpha value is -3.68. The SMILES string of the molecule is COc1ccc([C@H](C)N2C[C@H](C(C)=O)CC2=O)cc1.COc1ccc([C@H](C)N2C[C@H](C(C)=O)CC2=O)cc1. The third-order valence-electron chi connectivity index (χ3n) is 7.60. The zero-order valence-corrected chi connectivity index (χ0v) is 23.1. The largest absolute Gasteiger partial charge is 0.497 e. The number of nitrogens with zero attached hydrogens (tertiary/aromatic N) is 2. The van der Waals surface area contributed by atoms with Gasteiger partial charge in [0.25, 0.3) is 0 Å². The lowest BCUT2D eigenvalue weighted by Crippen LogP contribution is -2.29. The molecule has 2 aromatic carbocycles. The number of hydrogen-bond acceptors (Lipinski definition) is 6. The van der Waals surface area contributed by atoms with E-state index in [4.69, 9.17) is 9.47 Å². The number of benzene rings is 2. The predicted molar refractivity (Wildman–Crippen MR) is 144 cm³/mol. The number of carbonyl (C=O) groups excluding carboxylic acids is 4. The van der Waals surface area contributed by atoms with Gasteiger partial charge in [-0.05, 0) is 63.1 Å². The molecule has 2 fully saturated rings. The molecule has 2 amide bonds. The zero-order chi connectivity index (χ0) is 28.0. The summed E-state index contributed by atoms with van der Waals surface area (Å²) in [6, 6.07) is 15.3. The van der Waals surface area contributed by atoms with Crippen molar-refractivity contribution in [3.63, 3.8) is 0 Å². The molecule has 4 atom stereocenters. The summed E-state index contributed by atoms with van der Waals surface area (Å²) >= 11 is 0. The van der Waals surface area contributed by atoms with E-state index in [1.165, 1.54) is 0 Å². The average molecular weight is 523 g/mol. The summed E-state index contributed by atoms with van der Waals surface area (Å²) < 4.78 is 10.2. The van der Waals surface area contributed by atoms with Crippen molar-refractivity contribution in [3.8, 4) is 11.5 Å². The number of likely N-dealkylation sites (tertiary alicyclic amines) is 2. The molecule has 2 saturated heterocycles. The number of ether oxygens (including phenoxy) is 2. The molecule has 8 nitrogen and oxygen atoms in total. The molecular formula is C30H38N2O6. The van der Waals surface area contributed by atoms with Crippen LogP contribution in [-0.4, -0.2) is 60.5 Å². The highest BCUT2D eigenvalue weighted by atomic mass is 16.5. The standard InChI is InChI=1S/2C15H19NO3/c2*1-10(12-4-6-14(19-3)7-5-12)16-9-13(11(2)17)8-15(16)18/h2*4-7,10,13H,8-9H2,1-3H3/t2*10-,13+/m00/s1. The fourth-order valence-electron chi connectivity index (χ4n) is 4.88. The molecule has 0 unspecified atom stereocenters. The zero-order valence-electron chi connectivity index (χ0n) is 23.1. The quantitative estimate of drug-likeness (QED) is 0.511. The molecular weight excluding hydrogens is 484 g/mol. The summed E-state index contributed by atoms with van der Waals surface area (Å²) in [5.74, 6) is 1.61. The Morgan fingerprint density at radius 3 is 1.24 bits per heavy atom. The average Bonchev–Trinajstić information content (AvgIpc) is 3.51. The third kappa shape index (κ3) is 6.79. The minimum atomic E-state index is -0.145. The Morgan fingerprint density at radius 2 is 1.00 bits per heavy atom. The van der Waals surface area contributed by atoms with E-state index >= 15 is 0 Å². The Bertz CT molecular complexity index is 1050. The van der Waals surface area contributed by atoms with Gasteiger partial charge in [0.1, 0.15) is 23.1 Å². The highest BCUT2D eigenvalue weighted by molar-refractivity contribution is 5.90. The predicted octanol–water partition coefficient (Wildman–Crippen LogP) is 4.39. The van der Waals surface area contributed by atoms with Crippen molar-refractivity contribution in [2.75, 3.05) is 27.3 Å². The number of carbonyl (C=O) groups is 4. The molecule has 4 rings (SSSR count). The molecule has 2 aliphatic heterocycles. The highest BCUT2D eigenvalue weighted by Gasteiger charge is 2.36. The summed E-state index contributed by atoms with van der Waals surface area (Å²) in [6.07, 6.45) is 0.686. The van der Waals surface area contributed by atoms with Crippen molar-refractivity contribution in [1.29, 1.82) is 0 Å². The van der Waals surface area contributed by atoms with Crippen molar-refractivity contribution in [1.82, 2.24) is 9.80 Å². The lowest BCUT2D eigenvalue weighted by Gasteiger charge is -2.25. The Kier molecular flexibility index (Phi) is 9.66. The van der Waals surface area contributed by atoms with Crippen LogP contribution in [0.2, 0.25) is 0 Å². The van der Waals surface area contributed by atoms with E-state index in [-0.39, 0.29) is 47.3 Å². The maximum atomic E-state index is 12.0. The number of Topliss-reactive ketones (excluding diaryl/α,β-unsaturated/α-hetero) is 2. The lowest BCUT2D eigenvalue weighted by atomic mass is 10.0. The number of amides is 2. The molecule has 0 bridgehead atoms. The first-order chi connectivity index (χ1) is 18.0. The van der Waals surface area contributed by atoms with Gasteiger partial charge in [0.05, 0.1) is 26.3 Å². The second-order valence-electron chi connectivity index (χ2n) is 10.0. The molecule has 0 aliphatic carbocycles. The monoisotopic (exact) mass is 522 g/mol. The van der Waals surface area contributed by atoms with E-state index in [1.807, 2.05) is 62.4 Å². The van der Waals surface area contributed by atoms with Crippen LogP contribution in [-0.2, 0) is 19.2 Å². The maximum absolute atomic E-state index is 12.0. The van der Waals surface area contributed by atoms with Gasteiger partial charge in [-0.15, -0.1) is 0 Å². The summed E-state index contributed by atoms with van der Waals surface area (Å²) in [7, 11) is 3.25. The molecule has 8 heteroatoms. The van der Waals surface area contributed by atoms with E-state index in [1.54, 1.807) is 37.9 Å². The number of hydrogen-bond donors (Lipinski definition) is 0. The molecule has 2 aromatic rings. The number of methoxy groups -OCH3 is 2. The molecule has 2 heterocycles. The van der Waals surface area contributed by atoms with Gasteiger partial charge >= 0.3 is 0 Å². The third-order valence-corrected chi connectivity index (χ3v) is 7.60. The molecule has 0 spiro atoms.